The van der Waals surface area contributed by atoms with Crippen molar-refractivity contribution < 1.29 is 0 Å². The Hall–Kier alpha value is -1.16. The molecule has 0 aromatic carbocycles. The average Bonchev–Trinajstić information content (AvgIpc) is 2.94. The van der Waals surface area contributed by atoms with Crippen molar-refractivity contribution >= 4 is 11.3 Å². The summed E-state index contributed by atoms with van der Waals surface area (Å²) in [6.07, 6.45) is 6.97. The van der Waals surface area contributed by atoms with Crippen molar-refractivity contribution in [2.45, 2.75) is 52.0 Å². The Balaban J connectivity index is 2.05. The Bertz CT molecular complexity index is 536. The molecular weight excluding hydrogens is 242 g/mol. The number of thiophene rings is 1. The fraction of sp³-hybridized carbons (Fsp3) is 0.571. The Morgan fingerprint density at radius 2 is 2.00 bits per heavy atom. The smallest absolute Gasteiger partial charge is 0.174 e. The third-order valence-corrected chi connectivity index (χ3v) is 4.72. The number of rotatable bonds is 1. The van der Waals surface area contributed by atoms with E-state index in [0.717, 1.165) is 5.82 Å². The Kier molecular flexibility index (Phi) is 2.77. The van der Waals surface area contributed by atoms with Crippen LogP contribution in [0.2, 0.25) is 0 Å². The summed E-state index contributed by atoms with van der Waals surface area (Å²) in [6, 6.07) is 2.32. The molecule has 0 bridgehead atoms. The van der Waals surface area contributed by atoms with E-state index >= 15 is 0 Å². The highest BCUT2D eigenvalue weighted by Crippen LogP contribution is 2.36. The maximum Gasteiger partial charge on any atom is 0.174 e. The van der Waals surface area contributed by atoms with E-state index < -0.39 is 0 Å². The predicted molar refractivity (Wildman–Crippen MR) is 75.0 cm³/mol. The van der Waals surface area contributed by atoms with E-state index in [9.17, 15) is 0 Å². The molecule has 96 valence electrons. The fourth-order valence-electron chi connectivity index (χ4n) is 2.49. The second-order valence-corrected chi connectivity index (χ2v) is 7.10. The van der Waals surface area contributed by atoms with Crippen LogP contribution in [0.15, 0.2) is 12.4 Å². The molecule has 0 unspecified atom stereocenters. The first-order chi connectivity index (χ1) is 8.55. The van der Waals surface area contributed by atoms with Gasteiger partial charge in [0.1, 0.15) is 6.33 Å². The van der Waals surface area contributed by atoms with Gasteiger partial charge >= 0.3 is 0 Å². The molecule has 2 heterocycles. The van der Waals surface area contributed by atoms with Crippen molar-refractivity contribution in [3.63, 3.8) is 0 Å². The largest absolute Gasteiger partial charge is 0.308 e. The van der Waals surface area contributed by atoms with Crippen molar-refractivity contribution in [2.75, 3.05) is 0 Å². The minimum Gasteiger partial charge on any atom is -0.308 e. The van der Waals surface area contributed by atoms with E-state index in [4.69, 9.17) is 0 Å². The van der Waals surface area contributed by atoms with Gasteiger partial charge in [0.15, 0.2) is 5.82 Å². The summed E-state index contributed by atoms with van der Waals surface area (Å²) >= 11 is 1.90. The van der Waals surface area contributed by atoms with Gasteiger partial charge in [0.25, 0.3) is 0 Å². The molecule has 2 aromatic heterocycles. The van der Waals surface area contributed by atoms with Gasteiger partial charge in [-0.3, -0.25) is 0 Å². The molecule has 0 N–H and O–H groups in total. The van der Waals surface area contributed by atoms with Gasteiger partial charge in [-0.1, -0.05) is 0 Å². The molecule has 0 saturated heterocycles. The summed E-state index contributed by atoms with van der Waals surface area (Å²) < 4.78 is 2.17. The van der Waals surface area contributed by atoms with Gasteiger partial charge in [0.2, 0.25) is 0 Å². The van der Waals surface area contributed by atoms with Crippen LogP contribution in [0.25, 0.3) is 10.7 Å². The minimum absolute atomic E-state index is 0.0311. The molecule has 2 aromatic rings. The highest BCUT2D eigenvalue weighted by molar-refractivity contribution is 7.15. The molecule has 3 rings (SSSR count). The number of nitrogens with zero attached hydrogens (tertiary/aromatic N) is 3. The molecule has 0 radical (unpaired) electrons. The van der Waals surface area contributed by atoms with E-state index in [1.807, 2.05) is 17.7 Å². The quantitative estimate of drug-likeness (QED) is 0.784. The van der Waals surface area contributed by atoms with Crippen molar-refractivity contribution in [1.29, 1.82) is 0 Å². The van der Waals surface area contributed by atoms with Crippen LogP contribution in [0.4, 0.5) is 0 Å². The minimum atomic E-state index is 0.0311. The first kappa shape index (κ1) is 11.9. The average molecular weight is 261 g/mol. The second-order valence-electron chi connectivity index (χ2n) is 5.96. The molecule has 3 nitrogen and oxygen atoms in total. The molecule has 0 saturated carbocycles. The highest BCUT2D eigenvalue weighted by Gasteiger charge is 2.22. The Morgan fingerprint density at radius 1 is 1.22 bits per heavy atom. The van der Waals surface area contributed by atoms with E-state index in [1.54, 1.807) is 4.88 Å². The number of hydrogen-bond acceptors (Lipinski definition) is 3. The lowest BCUT2D eigenvalue weighted by atomic mass is 9.99. The lowest BCUT2D eigenvalue weighted by Gasteiger charge is -2.21. The molecule has 0 aliphatic heterocycles. The Morgan fingerprint density at radius 3 is 2.72 bits per heavy atom. The van der Waals surface area contributed by atoms with Crippen LogP contribution in [0.3, 0.4) is 0 Å². The standard InChI is InChI=1S/C14H19N3S/c1-14(2,3)17-9-15-16-13(17)12-8-10-6-4-5-7-11(10)18-12/h8-9H,4-7H2,1-3H3. The lowest BCUT2D eigenvalue weighted by molar-refractivity contribution is 0.400. The topological polar surface area (TPSA) is 30.7 Å². The van der Waals surface area contributed by atoms with Gasteiger partial charge < -0.3 is 4.57 Å². The van der Waals surface area contributed by atoms with E-state index in [-0.39, 0.29) is 5.54 Å². The molecule has 0 atom stereocenters. The van der Waals surface area contributed by atoms with Gasteiger partial charge in [-0.05, 0) is 58.1 Å². The molecular formula is C14H19N3S. The van der Waals surface area contributed by atoms with Crippen LogP contribution in [0.1, 0.15) is 44.1 Å². The number of fused-ring (bicyclic) bond motifs is 1. The van der Waals surface area contributed by atoms with Crippen LogP contribution in [-0.2, 0) is 18.4 Å². The fourth-order valence-corrected chi connectivity index (χ4v) is 3.73. The first-order valence-corrected chi connectivity index (χ1v) is 7.40. The maximum atomic E-state index is 4.32. The van der Waals surface area contributed by atoms with E-state index in [1.165, 1.54) is 36.1 Å². The van der Waals surface area contributed by atoms with Crippen LogP contribution in [0, 0.1) is 0 Å². The summed E-state index contributed by atoms with van der Waals surface area (Å²) in [5.74, 6) is 1.02. The van der Waals surface area contributed by atoms with Crippen molar-refractivity contribution in [2.24, 2.45) is 0 Å². The van der Waals surface area contributed by atoms with Crippen LogP contribution >= 0.6 is 11.3 Å². The van der Waals surface area contributed by atoms with Crippen molar-refractivity contribution in [3.05, 3.63) is 22.8 Å². The van der Waals surface area contributed by atoms with Gasteiger partial charge in [0.05, 0.1) is 4.88 Å². The third-order valence-electron chi connectivity index (χ3n) is 3.49. The molecule has 4 heteroatoms. The zero-order chi connectivity index (χ0) is 12.8. The summed E-state index contributed by atoms with van der Waals surface area (Å²) in [6.45, 7) is 6.56. The van der Waals surface area contributed by atoms with E-state index in [0.29, 0.717) is 0 Å². The van der Waals surface area contributed by atoms with Crippen molar-refractivity contribution in [1.82, 2.24) is 14.8 Å². The second kappa shape index (κ2) is 4.19. The first-order valence-electron chi connectivity index (χ1n) is 6.58. The maximum absolute atomic E-state index is 4.32. The number of aryl methyl sites for hydroxylation is 2. The molecule has 18 heavy (non-hydrogen) atoms. The summed E-state index contributed by atoms with van der Waals surface area (Å²) in [4.78, 5) is 2.83. The van der Waals surface area contributed by atoms with Gasteiger partial charge in [-0.25, -0.2) is 0 Å². The van der Waals surface area contributed by atoms with Gasteiger partial charge in [0, 0.05) is 10.4 Å². The van der Waals surface area contributed by atoms with Gasteiger partial charge in [-0.15, -0.1) is 21.5 Å². The normalized spacial score (nSPS) is 15.7. The molecule has 0 amide bonds. The highest BCUT2D eigenvalue weighted by atomic mass is 32.1. The van der Waals surface area contributed by atoms with Crippen LogP contribution < -0.4 is 0 Å². The van der Waals surface area contributed by atoms with Gasteiger partial charge in [-0.2, -0.15) is 0 Å². The lowest BCUT2D eigenvalue weighted by Crippen LogP contribution is -2.21. The third kappa shape index (κ3) is 1.99. The molecule has 1 aliphatic rings. The predicted octanol–water partition coefficient (Wildman–Crippen LogP) is 3.64. The van der Waals surface area contributed by atoms with Crippen LogP contribution in [-0.4, -0.2) is 14.8 Å². The zero-order valence-corrected chi connectivity index (χ0v) is 12.0. The Labute approximate surface area is 112 Å². The summed E-state index contributed by atoms with van der Waals surface area (Å²) in [5, 5.41) is 8.41. The molecule has 1 aliphatic carbocycles. The zero-order valence-electron chi connectivity index (χ0n) is 11.2. The summed E-state index contributed by atoms with van der Waals surface area (Å²) in [5.41, 5.74) is 1.56. The number of aromatic nitrogens is 3. The van der Waals surface area contributed by atoms with E-state index in [2.05, 4.69) is 41.6 Å². The summed E-state index contributed by atoms with van der Waals surface area (Å²) in [7, 11) is 0. The molecule has 0 spiro atoms. The number of hydrogen-bond donors (Lipinski definition) is 0. The van der Waals surface area contributed by atoms with Crippen molar-refractivity contribution in [3.8, 4) is 10.7 Å². The molecule has 0 fully saturated rings. The SMILES string of the molecule is CC(C)(C)n1cnnc1-c1cc2c(s1)CCCC2. The monoisotopic (exact) mass is 261 g/mol. The van der Waals surface area contributed by atoms with Crippen LogP contribution in [0.5, 0.6) is 0 Å².